The van der Waals surface area contributed by atoms with E-state index in [1.807, 2.05) is 0 Å². The molecule has 100 valence electrons. The summed E-state index contributed by atoms with van der Waals surface area (Å²) < 4.78 is 5.47. The Labute approximate surface area is 118 Å². The van der Waals surface area contributed by atoms with Crippen LogP contribution >= 0.6 is 22.9 Å². The minimum atomic E-state index is -1.01. The van der Waals surface area contributed by atoms with E-state index < -0.39 is 5.97 Å². The first-order chi connectivity index (χ1) is 9.10. The van der Waals surface area contributed by atoms with Crippen molar-refractivity contribution in [1.82, 2.24) is 4.98 Å². The number of aromatic nitrogens is 1. The molecule has 0 aliphatic heterocycles. The number of anilines is 1. The van der Waals surface area contributed by atoms with E-state index in [0.717, 1.165) is 4.88 Å². The van der Waals surface area contributed by atoms with Crippen molar-refractivity contribution in [3.8, 4) is 5.75 Å². The number of aromatic carboxylic acids is 1. The Hall–Kier alpha value is -1.79. The summed E-state index contributed by atoms with van der Waals surface area (Å²) in [4.78, 5) is 16.0. The van der Waals surface area contributed by atoms with Gasteiger partial charge in [0, 0.05) is 16.8 Å². The predicted octanol–water partition coefficient (Wildman–Crippen LogP) is 3.12. The van der Waals surface area contributed by atoms with Gasteiger partial charge < -0.3 is 15.2 Å². The molecule has 7 heteroatoms. The van der Waals surface area contributed by atoms with Crippen LogP contribution in [0.5, 0.6) is 5.75 Å². The van der Waals surface area contributed by atoms with Gasteiger partial charge >= 0.3 is 5.97 Å². The summed E-state index contributed by atoms with van der Waals surface area (Å²) in [5, 5.41) is 12.2. The van der Waals surface area contributed by atoms with Crippen LogP contribution in [0.4, 0.5) is 5.69 Å². The highest BCUT2D eigenvalue weighted by Gasteiger charge is 2.11. The summed E-state index contributed by atoms with van der Waals surface area (Å²) in [6, 6.07) is 4.85. The van der Waals surface area contributed by atoms with Crippen molar-refractivity contribution in [2.24, 2.45) is 0 Å². The number of hydrogen-bond acceptors (Lipinski definition) is 5. The van der Waals surface area contributed by atoms with Crippen LogP contribution in [0.15, 0.2) is 24.4 Å². The number of carbonyl (C=O) groups is 1. The van der Waals surface area contributed by atoms with Gasteiger partial charge in [-0.15, -0.1) is 11.3 Å². The average Bonchev–Trinajstić information content (AvgIpc) is 2.82. The number of methoxy groups -OCH3 is 1. The van der Waals surface area contributed by atoms with E-state index in [9.17, 15) is 4.79 Å². The number of thiazole rings is 1. The number of carboxylic acids is 1. The molecule has 1 heterocycles. The smallest absolute Gasteiger partial charge is 0.337 e. The monoisotopic (exact) mass is 298 g/mol. The van der Waals surface area contributed by atoms with E-state index in [4.69, 9.17) is 21.4 Å². The van der Waals surface area contributed by atoms with Crippen LogP contribution in [0.2, 0.25) is 4.47 Å². The molecule has 1 aromatic carbocycles. The van der Waals surface area contributed by atoms with E-state index in [-0.39, 0.29) is 5.56 Å². The highest BCUT2D eigenvalue weighted by Crippen LogP contribution is 2.24. The van der Waals surface area contributed by atoms with Crippen LogP contribution in [-0.4, -0.2) is 23.2 Å². The molecule has 0 fully saturated rings. The number of benzene rings is 1. The van der Waals surface area contributed by atoms with Crippen LogP contribution in [0, 0.1) is 0 Å². The molecule has 0 saturated carbocycles. The molecule has 2 aromatic rings. The maximum Gasteiger partial charge on any atom is 0.337 e. The predicted molar refractivity (Wildman–Crippen MR) is 74.4 cm³/mol. The molecule has 0 radical (unpaired) electrons. The fraction of sp³-hybridized carbons (Fsp3) is 0.167. The Morgan fingerprint density at radius 3 is 2.95 bits per heavy atom. The first kappa shape index (κ1) is 13.6. The summed E-state index contributed by atoms with van der Waals surface area (Å²) in [7, 11) is 1.49. The number of nitrogens with zero attached hydrogens (tertiary/aromatic N) is 1. The van der Waals surface area contributed by atoms with Crippen LogP contribution in [0.25, 0.3) is 0 Å². The Morgan fingerprint density at radius 1 is 1.58 bits per heavy atom. The van der Waals surface area contributed by atoms with E-state index in [1.54, 1.807) is 18.3 Å². The van der Waals surface area contributed by atoms with Crippen molar-refractivity contribution in [1.29, 1.82) is 0 Å². The number of nitrogens with one attached hydrogen (secondary N) is 1. The molecule has 0 amide bonds. The zero-order valence-corrected chi connectivity index (χ0v) is 11.6. The first-order valence-corrected chi connectivity index (χ1v) is 6.55. The third kappa shape index (κ3) is 3.36. The normalized spacial score (nSPS) is 10.2. The van der Waals surface area contributed by atoms with Gasteiger partial charge in [-0.1, -0.05) is 11.6 Å². The minimum absolute atomic E-state index is 0.162. The lowest BCUT2D eigenvalue weighted by molar-refractivity contribution is 0.0697. The standard InChI is InChI=1S/C12H11ClN2O3S/c1-18-7-2-3-10(9(4-7)11(16)17)14-5-8-6-15-12(13)19-8/h2-4,6,14H,5H2,1H3,(H,16,17). The first-order valence-electron chi connectivity index (χ1n) is 5.35. The highest BCUT2D eigenvalue weighted by atomic mass is 35.5. The molecule has 2 N–H and O–H groups in total. The summed E-state index contributed by atoms with van der Waals surface area (Å²) in [6.07, 6.45) is 1.66. The molecule has 0 atom stereocenters. The summed E-state index contributed by atoms with van der Waals surface area (Å²) in [6.45, 7) is 0.469. The minimum Gasteiger partial charge on any atom is -0.497 e. The van der Waals surface area contributed by atoms with Gasteiger partial charge in [-0.25, -0.2) is 9.78 Å². The topological polar surface area (TPSA) is 71.5 Å². The fourth-order valence-electron chi connectivity index (χ4n) is 1.53. The molecule has 0 aliphatic carbocycles. The van der Waals surface area contributed by atoms with E-state index in [1.165, 1.54) is 24.5 Å². The Morgan fingerprint density at radius 2 is 2.37 bits per heavy atom. The Kier molecular flexibility index (Phi) is 4.24. The van der Waals surface area contributed by atoms with Gasteiger partial charge in [-0.05, 0) is 18.2 Å². The van der Waals surface area contributed by atoms with Crippen LogP contribution in [0.3, 0.4) is 0 Å². The van der Waals surface area contributed by atoms with Gasteiger partial charge in [0.05, 0.1) is 19.2 Å². The lowest BCUT2D eigenvalue weighted by Gasteiger charge is -2.10. The molecule has 0 spiro atoms. The molecule has 0 unspecified atom stereocenters. The molecule has 0 bridgehead atoms. The SMILES string of the molecule is COc1ccc(NCc2cnc(Cl)s2)c(C(=O)O)c1. The summed E-state index contributed by atoms with van der Waals surface area (Å²) in [5.74, 6) is -0.507. The largest absolute Gasteiger partial charge is 0.497 e. The van der Waals surface area contributed by atoms with Crippen LogP contribution in [0.1, 0.15) is 15.2 Å². The van der Waals surface area contributed by atoms with Gasteiger partial charge in [-0.3, -0.25) is 0 Å². The van der Waals surface area contributed by atoms with E-state index >= 15 is 0 Å². The maximum atomic E-state index is 11.2. The second-order valence-electron chi connectivity index (χ2n) is 3.65. The van der Waals surface area contributed by atoms with Crippen molar-refractivity contribution in [3.63, 3.8) is 0 Å². The quantitative estimate of drug-likeness (QED) is 0.887. The number of ether oxygens (including phenoxy) is 1. The number of carboxylic acid groups (broad SMARTS) is 1. The highest BCUT2D eigenvalue weighted by molar-refractivity contribution is 7.15. The molecular formula is C12H11ClN2O3S. The second-order valence-corrected chi connectivity index (χ2v) is 5.35. The van der Waals surface area contributed by atoms with Gasteiger partial charge in [0.15, 0.2) is 4.47 Å². The molecule has 2 rings (SSSR count). The second kappa shape index (κ2) is 5.90. The lowest BCUT2D eigenvalue weighted by Crippen LogP contribution is -2.06. The van der Waals surface area contributed by atoms with Gasteiger partial charge in [0.25, 0.3) is 0 Å². The van der Waals surface area contributed by atoms with Crippen LogP contribution < -0.4 is 10.1 Å². The number of hydrogen-bond donors (Lipinski definition) is 2. The third-order valence-electron chi connectivity index (χ3n) is 2.44. The zero-order chi connectivity index (χ0) is 13.8. The third-order valence-corrected chi connectivity index (χ3v) is 3.55. The molecule has 19 heavy (non-hydrogen) atoms. The van der Waals surface area contributed by atoms with Gasteiger partial charge in [0.2, 0.25) is 0 Å². The van der Waals surface area contributed by atoms with Gasteiger partial charge in [-0.2, -0.15) is 0 Å². The molecule has 1 aromatic heterocycles. The molecule has 5 nitrogen and oxygen atoms in total. The number of rotatable bonds is 5. The van der Waals surface area contributed by atoms with Gasteiger partial charge in [0.1, 0.15) is 5.75 Å². The molecular weight excluding hydrogens is 288 g/mol. The Balaban J connectivity index is 2.17. The summed E-state index contributed by atoms with van der Waals surface area (Å²) >= 11 is 7.08. The lowest BCUT2D eigenvalue weighted by atomic mass is 10.1. The molecule has 0 aliphatic rings. The maximum absolute atomic E-state index is 11.2. The van der Waals surface area contributed by atoms with Crippen molar-refractivity contribution >= 4 is 34.6 Å². The molecule has 0 saturated heterocycles. The van der Waals surface area contributed by atoms with E-state index in [0.29, 0.717) is 22.4 Å². The number of halogens is 1. The average molecular weight is 299 g/mol. The summed E-state index contributed by atoms with van der Waals surface area (Å²) in [5.41, 5.74) is 0.688. The van der Waals surface area contributed by atoms with Crippen molar-refractivity contribution < 1.29 is 14.6 Å². The van der Waals surface area contributed by atoms with E-state index in [2.05, 4.69) is 10.3 Å². The zero-order valence-electron chi connectivity index (χ0n) is 10.0. The van der Waals surface area contributed by atoms with Crippen molar-refractivity contribution in [2.45, 2.75) is 6.54 Å². The van der Waals surface area contributed by atoms with Crippen LogP contribution in [-0.2, 0) is 6.54 Å². The fourth-order valence-corrected chi connectivity index (χ4v) is 2.45. The van der Waals surface area contributed by atoms with Crippen molar-refractivity contribution in [2.75, 3.05) is 12.4 Å². The Bertz CT molecular complexity index is 600. The van der Waals surface area contributed by atoms with Crippen molar-refractivity contribution in [3.05, 3.63) is 39.3 Å².